The van der Waals surface area contributed by atoms with E-state index in [1.807, 2.05) is 37.3 Å². The number of hydrogen-bond donors (Lipinski definition) is 2. The van der Waals surface area contributed by atoms with Crippen molar-refractivity contribution in [1.82, 2.24) is 5.32 Å². The van der Waals surface area contributed by atoms with E-state index in [9.17, 15) is 24.5 Å². The smallest absolute Gasteiger partial charge is 0.311 e. The van der Waals surface area contributed by atoms with Crippen LogP contribution in [0.15, 0.2) is 78.9 Å². The molecule has 9 nitrogen and oxygen atoms in total. The molecule has 0 fully saturated rings. The quantitative estimate of drug-likeness (QED) is 0.283. The number of nitro benzene ring substituents is 1. The van der Waals surface area contributed by atoms with Crippen molar-refractivity contribution < 1.29 is 24.0 Å². The van der Waals surface area contributed by atoms with Crippen molar-refractivity contribution in [2.45, 2.75) is 19.4 Å². The van der Waals surface area contributed by atoms with E-state index >= 15 is 0 Å². The van der Waals surface area contributed by atoms with E-state index in [1.165, 1.54) is 18.2 Å². The number of nitrogens with one attached hydrogen (secondary N) is 2. The van der Waals surface area contributed by atoms with Gasteiger partial charge in [-0.1, -0.05) is 60.7 Å². The van der Waals surface area contributed by atoms with Gasteiger partial charge in [0.2, 0.25) is 0 Å². The Morgan fingerprint density at radius 1 is 0.941 bits per heavy atom. The molecule has 0 aliphatic rings. The molecular weight excluding hydrogens is 438 g/mol. The summed E-state index contributed by atoms with van der Waals surface area (Å²) in [6.07, 6.45) is -0.346. The predicted octanol–water partition coefficient (Wildman–Crippen LogP) is 3.81. The lowest BCUT2D eigenvalue weighted by molar-refractivity contribution is -0.385. The lowest BCUT2D eigenvalue weighted by atomic mass is 10.1. The molecule has 0 heterocycles. The Bertz CT molecular complexity index is 1200. The molecule has 3 aromatic rings. The fraction of sp³-hybridized carbons (Fsp3) is 0.160. The van der Waals surface area contributed by atoms with Gasteiger partial charge < -0.3 is 15.4 Å². The van der Waals surface area contributed by atoms with Crippen LogP contribution in [0.3, 0.4) is 0 Å². The zero-order chi connectivity index (χ0) is 24.5. The van der Waals surface area contributed by atoms with Gasteiger partial charge in [-0.15, -0.1) is 0 Å². The summed E-state index contributed by atoms with van der Waals surface area (Å²) in [6.45, 7) is 1.25. The number of nitro groups is 1. The lowest BCUT2D eigenvalue weighted by Crippen LogP contribution is -2.28. The Morgan fingerprint density at radius 2 is 1.59 bits per heavy atom. The van der Waals surface area contributed by atoms with Gasteiger partial charge in [-0.3, -0.25) is 24.5 Å². The van der Waals surface area contributed by atoms with Crippen LogP contribution >= 0.6 is 0 Å². The molecule has 0 aliphatic heterocycles. The molecule has 0 bridgehead atoms. The van der Waals surface area contributed by atoms with Gasteiger partial charge >= 0.3 is 5.97 Å². The number of para-hydroxylation sites is 2. The van der Waals surface area contributed by atoms with Crippen LogP contribution in [-0.2, 0) is 20.7 Å². The highest BCUT2D eigenvalue weighted by molar-refractivity contribution is 6.04. The Kier molecular flexibility index (Phi) is 8.07. The monoisotopic (exact) mass is 461 g/mol. The summed E-state index contributed by atoms with van der Waals surface area (Å²) >= 11 is 0. The summed E-state index contributed by atoms with van der Waals surface area (Å²) in [6, 6.07) is 21.5. The van der Waals surface area contributed by atoms with E-state index in [2.05, 4.69) is 10.6 Å². The first kappa shape index (κ1) is 24.1. The normalized spacial score (nSPS) is 11.2. The van der Waals surface area contributed by atoms with Crippen molar-refractivity contribution >= 4 is 29.2 Å². The molecule has 1 atom stereocenters. The molecule has 174 valence electrons. The van der Waals surface area contributed by atoms with Gasteiger partial charge in [0.05, 0.1) is 28.6 Å². The Morgan fingerprint density at radius 3 is 2.32 bits per heavy atom. The first-order valence-corrected chi connectivity index (χ1v) is 10.5. The summed E-state index contributed by atoms with van der Waals surface area (Å²) < 4.78 is 4.96. The first-order valence-electron chi connectivity index (χ1n) is 10.5. The standard InChI is InChI=1S/C25H23N3O6/c1-17(18-9-3-2-4-10-18)26-25(31)20-12-6-7-13-21(20)27-23(29)16-34-24(30)15-19-11-5-8-14-22(19)28(32)33/h2-14,17H,15-16H2,1H3,(H,26,31)(H,27,29). The van der Waals surface area contributed by atoms with E-state index in [1.54, 1.807) is 30.3 Å². The predicted molar refractivity (Wildman–Crippen MR) is 125 cm³/mol. The number of rotatable bonds is 9. The van der Waals surface area contributed by atoms with Crippen LogP contribution in [0.4, 0.5) is 11.4 Å². The Hall–Kier alpha value is -4.53. The van der Waals surface area contributed by atoms with Gasteiger partial charge in [-0.2, -0.15) is 0 Å². The van der Waals surface area contributed by atoms with Crippen LogP contribution in [0.2, 0.25) is 0 Å². The van der Waals surface area contributed by atoms with E-state index in [0.29, 0.717) is 0 Å². The van der Waals surface area contributed by atoms with Gasteiger partial charge in [0.25, 0.3) is 17.5 Å². The fourth-order valence-electron chi connectivity index (χ4n) is 3.27. The van der Waals surface area contributed by atoms with Gasteiger partial charge in [0.15, 0.2) is 6.61 Å². The number of nitrogens with zero attached hydrogens (tertiary/aromatic N) is 1. The van der Waals surface area contributed by atoms with Crippen LogP contribution in [0.1, 0.15) is 34.5 Å². The maximum Gasteiger partial charge on any atom is 0.311 e. The molecule has 0 aromatic heterocycles. The van der Waals surface area contributed by atoms with Crippen LogP contribution in [0.5, 0.6) is 0 Å². The SMILES string of the molecule is CC(NC(=O)c1ccccc1NC(=O)COC(=O)Cc1ccccc1[N+](=O)[O-])c1ccccc1. The number of carbonyl (C=O) groups excluding carboxylic acids is 3. The second-order valence-electron chi connectivity index (χ2n) is 7.42. The van der Waals surface area contributed by atoms with E-state index < -0.39 is 23.4 Å². The molecule has 2 amide bonds. The molecule has 0 saturated carbocycles. The van der Waals surface area contributed by atoms with Crippen LogP contribution < -0.4 is 10.6 Å². The van der Waals surface area contributed by atoms with Crippen molar-refractivity contribution in [3.05, 3.63) is 106 Å². The minimum atomic E-state index is -0.785. The van der Waals surface area contributed by atoms with Crippen LogP contribution in [-0.4, -0.2) is 29.3 Å². The van der Waals surface area contributed by atoms with Crippen molar-refractivity contribution in [2.24, 2.45) is 0 Å². The summed E-state index contributed by atoms with van der Waals surface area (Å²) in [7, 11) is 0. The van der Waals surface area contributed by atoms with Crippen LogP contribution in [0.25, 0.3) is 0 Å². The maximum absolute atomic E-state index is 12.8. The molecule has 0 saturated heterocycles. The van der Waals surface area contributed by atoms with Gasteiger partial charge in [0.1, 0.15) is 0 Å². The van der Waals surface area contributed by atoms with Crippen molar-refractivity contribution in [3.8, 4) is 0 Å². The third kappa shape index (κ3) is 6.49. The molecule has 3 aromatic carbocycles. The fourth-order valence-corrected chi connectivity index (χ4v) is 3.27. The van der Waals surface area contributed by atoms with E-state index in [-0.39, 0.29) is 40.9 Å². The molecule has 2 N–H and O–H groups in total. The number of benzene rings is 3. The van der Waals surface area contributed by atoms with Crippen molar-refractivity contribution in [1.29, 1.82) is 0 Å². The molecule has 3 rings (SSSR count). The zero-order valence-electron chi connectivity index (χ0n) is 18.4. The highest BCUT2D eigenvalue weighted by Gasteiger charge is 2.19. The molecule has 1 unspecified atom stereocenters. The molecular formula is C25H23N3O6. The molecule has 0 radical (unpaired) electrons. The van der Waals surface area contributed by atoms with Gasteiger partial charge in [-0.25, -0.2) is 0 Å². The number of hydrogen-bond acceptors (Lipinski definition) is 6. The summed E-state index contributed by atoms with van der Waals surface area (Å²) in [5.74, 6) is -1.81. The molecule has 0 aliphatic carbocycles. The number of amides is 2. The van der Waals surface area contributed by atoms with Gasteiger partial charge in [-0.05, 0) is 24.6 Å². The second kappa shape index (κ2) is 11.4. The third-order valence-corrected chi connectivity index (χ3v) is 4.98. The average Bonchev–Trinajstić information content (AvgIpc) is 2.83. The zero-order valence-corrected chi connectivity index (χ0v) is 18.4. The molecule has 0 spiro atoms. The minimum absolute atomic E-state index is 0.187. The van der Waals surface area contributed by atoms with Crippen molar-refractivity contribution in [2.75, 3.05) is 11.9 Å². The maximum atomic E-state index is 12.8. The second-order valence-corrected chi connectivity index (χ2v) is 7.42. The van der Waals surface area contributed by atoms with E-state index in [4.69, 9.17) is 4.74 Å². The number of esters is 1. The number of carbonyl (C=O) groups is 3. The number of ether oxygens (including phenoxy) is 1. The van der Waals surface area contributed by atoms with E-state index in [0.717, 1.165) is 5.56 Å². The van der Waals surface area contributed by atoms with Gasteiger partial charge in [0, 0.05) is 11.6 Å². The lowest BCUT2D eigenvalue weighted by Gasteiger charge is -2.16. The Balaban J connectivity index is 1.58. The molecule has 34 heavy (non-hydrogen) atoms. The topological polar surface area (TPSA) is 128 Å². The average molecular weight is 461 g/mol. The first-order chi connectivity index (χ1) is 16.3. The number of anilines is 1. The summed E-state index contributed by atoms with van der Waals surface area (Å²) in [4.78, 5) is 47.7. The molecule has 9 heteroatoms. The minimum Gasteiger partial charge on any atom is -0.455 e. The largest absolute Gasteiger partial charge is 0.455 e. The highest BCUT2D eigenvalue weighted by Crippen LogP contribution is 2.19. The summed E-state index contributed by atoms with van der Waals surface area (Å²) in [5, 5.41) is 16.5. The van der Waals surface area contributed by atoms with Crippen LogP contribution in [0, 0.1) is 10.1 Å². The Labute approximate surface area is 195 Å². The summed E-state index contributed by atoms with van der Waals surface area (Å²) in [5.41, 5.74) is 1.44. The highest BCUT2D eigenvalue weighted by atomic mass is 16.6. The third-order valence-electron chi connectivity index (χ3n) is 4.98. The van der Waals surface area contributed by atoms with Crippen molar-refractivity contribution in [3.63, 3.8) is 0 Å².